The molecule has 8 fully saturated rings. The van der Waals surface area contributed by atoms with Gasteiger partial charge in [0.05, 0.1) is 27.5 Å². The first-order valence-electron chi connectivity index (χ1n) is 29.9. The molecule has 0 aliphatic heterocycles. The molecule has 72 heavy (non-hydrogen) atoms. The normalized spacial score (nSPS) is 27.2. The van der Waals surface area contributed by atoms with Crippen molar-refractivity contribution in [2.75, 3.05) is 0 Å². The summed E-state index contributed by atoms with van der Waals surface area (Å²) < 4.78 is 0. The molecule has 382 valence electrons. The van der Waals surface area contributed by atoms with E-state index in [-0.39, 0.29) is 10.8 Å². The van der Waals surface area contributed by atoms with Crippen LogP contribution in [0.2, 0.25) is 36.3 Å². The van der Waals surface area contributed by atoms with E-state index in [1.54, 1.807) is 10.4 Å². The van der Waals surface area contributed by atoms with Crippen LogP contribution in [0.15, 0.2) is 91.0 Å². The van der Waals surface area contributed by atoms with Crippen molar-refractivity contribution in [2.45, 2.75) is 204 Å². The number of aromatic nitrogens is 1. The maximum Gasteiger partial charge on any atom is 0.127 e. The lowest BCUT2D eigenvalue weighted by molar-refractivity contribution is -0.00621. The van der Waals surface area contributed by atoms with E-state index in [1.807, 2.05) is 0 Å². The first kappa shape index (κ1) is 50.2. The summed E-state index contributed by atoms with van der Waals surface area (Å²) in [5, 5.41) is 29.4. The van der Waals surface area contributed by atoms with E-state index in [0.29, 0.717) is 11.5 Å². The summed E-state index contributed by atoms with van der Waals surface area (Å²) in [6, 6.07) is 42.4. The van der Waals surface area contributed by atoms with E-state index in [2.05, 4.69) is 133 Å². The molecule has 13 rings (SSSR count). The van der Waals surface area contributed by atoms with Crippen LogP contribution >= 0.6 is 0 Å². The van der Waals surface area contributed by atoms with Crippen LogP contribution < -0.4 is 10.4 Å². The number of phenolic OH excluding ortho intramolecular Hbond substituents is 2. The molecule has 1 heterocycles. The standard InChI is InChI=1S/C67H89NO2Si2/c1-7-24-71(25-8-2,26-9-3)52-36-58(64(69)60(38-52)66-40-46-30-47(41-66)32-48(31-46)42-66)54-18-13-15-20-56(54)62-22-17-23-63(68-62)57-21-16-14-19-55(57)59-37-53(72(27-10-4,28-11-5)29-12-6)39-61(65(59)70)67-43-49-33-50(44-67)35-51(34-49)45-67/h13-23,36-39,46-51,69-70H,7-12,24-35,40-45H2,1-6H3. The molecule has 5 heteroatoms. The fraction of sp³-hybridized carbons (Fsp3) is 0.567. The maximum atomic E-state index is 13.1. The molecule has 1 aromatic heterocycles. The topological polar surface area (TPSA) is 53.4 Å². The molecule has 0 unspecified atom stereocenters. The lowest BCUT2D eigenvalue weighted by atomic mass is 9.48. The van der Waals surface area contributed by atoms with E-state index < -0.39 is 16.1 Å². The van der Waals surface area contributed by atoms with Crippen LogP contribution in [0.25, 0.3) is 44.8 Å². The molecule has 8 aliphatic carbocycles. The lowest BCUT2D eigenvalue weighted by Crippen LogP contribution is -2.51. The molecule has 4 aromatic carbocycles. The Morgan fingerprint density at radius 3 is 0.972 bits per heavy atom. The van der Waals surface area contributed by atoms with Gasteiger partial charge in [-0.2, -0.15) is 0 Å². The summed E-state index contributed by atoms with van der Waals surface area (Å²) in [6.07, 6.45) is 23.1. The first-order valence-corrected chi connectivity index (χ1v) is 35.2. The van der Waals surface area contributed by atoms with E-state index in [4.69, 9.17) is 4.98 Å². The van der Waals surface area contributed by atoms with Crippen molar-refractivity contribution in [3.05, 3.63) is 102 Å². The summed E-state index contributed by atoms with van der Waals surface area (Å²) in [7, 11) is -3.79. The van der Waals surface area contributed by atoms with Crippen LogP contribution in [0.5, 0.6) is 11.5 Å². The minimum absolute atomic E-state index is 0.0788. The third-order valence-electron chi connectivity index (χ3n) is 20.8. The van der Waals surface area contributed by atoms with Crippen molar-refractivity contribution in [1.29, 1.82) is 0 Å². The van der Waals surface area contributed by atoms with Gasteiger partial charge in [-0.05, 0) is 147 Å². The van der Waals surface area contributed by atoms with E-state index in [0.717, 1.165) is 80.3 Å². The molecular weight excluding hydrogens is 907 g/mol. The molecule has 2 N–H and O–H groups in total. The van der Waals surface area contributed by atoms with Gasteiger partial charge < -0.3 is 10.2 Å². The number of phenols is 2. The van der Waals surface area contributed by atoms with Gasteiger partial charge in [0.1, 0.15) is 11.5 Å². The summed E-state index contributed by atoms with van der Waals surface area (Å²) in [5.41, 5.74) is 11.0. The smallest absolute Gasteiger partial charge is 0.127 e. The van der Waals surface area contributed by atoms with Crippen molar-refractivity contribution in [3.63, 3.8) is 0 Å². The number of rotatable bonds is 20. The highest BCUT2D eigenvalue weighted by molar-refractivity contribution is 6.92. The van der Waals surface area contributed by atoms with Crippen LogP contribution in [0, 0.1) is 35.5 Å². The van der Waals surface area contributed by atoms with Crippen LogP contribution in [0.4, 0.5) is 0 Å². The van der Waals surface area contributed by atoms with Gasteiger partial charge in [0.2, 0.25) is 0 Å². The van der Waals surface area contributed by atoms with E-state index in [1.165, 1.54) is 163 Å². The molecule has 0 amide bonds. The molecular formula is C67H89NO2Si2. The summed E-state index contributed by atoms with van der Waals surface area (Å²) in [4.78, 5) is 5.67. The minimum atomic E-state index is -1.90. The molecule has 0 spiro atoms. The molecule has 5 aromatic rings. The number of benzene rings is 4. The first-order chi connectivity index (χ1) is 35.0. The quantitative estimate of drug-likeness (QED) is 0.0764. The highest BCUT2D eigenvalue weighted by atomic mass is 28.3. The highest BCUT2D eigenvalue weighted by Gasteiger charge is 2.55. The molecule has 8 aliphatic rings. The van der Waals surface area contributed by atoms with Crippen LogP contribution in [0.1, 0.15) is 168 Å². The fourth-order valence-corrected chi connectivity index (χ4v) is 29.9. The van der Waals surface area contributed by atoms with E-state index in [9.17, 15) is 10.2 Å². The number of pyridine rings is 1. The van der Waals surface area contributed by atoms with Crippen molar-refractivity contribution < 1.29 is 10.2 Å². The Kier molecular flexibility index (Phi) is 14.2. The zero-order valence-corrected chi connectivity index (χ0v) is 47.4. The van der Waals surface area contributed by atoms with Gasteiger partial charge in [0, 0.05) is 33.4 Å². The third-order valence-corrected chi connectivity index (χ3v) is 32.5. The molecule has 3 nitrogen and oxygen atoms in total. The van der Waals surface area contributed by atoms with Crippen molar-refractivity contribution in [3.8, 4) is 56.3 Å². The molecule has 0 radical (unpaired) electrons. The van der Waals surface area contributed by atoms with Gasteiger partial charge in [0.15, 0.2) is 0 Å². The van der Waals surface area contributed by atoms with Crippen molar-refractivity contribution in [2.24, 2.45) is 35.5 Å². The van der Waals surface area contributed by atoms with Crippen LogP contribution in [0.3, 0.4) is 0 Å². The van der Waals surface area contributed by atoms with E-state index >= 15 is 0 Å². The van der Waals surface area contributed by atoms with Gasteiger partial charge in [-0.1, -0.05) is 206 Å². The number of hydrogen-bond donors (Lipinski definition) is 2. The Balaban J connectivity index is 1.06. The maximum absolute atomic E-state index is 13.1. The monoisotopic (exact) mass is 996 g/mol. The van der Waals surface area contributed by atoms with Gasteiger partial charge in [-0.3, -0.25) is 0 Å². The average molecular weight is 997 g/mol. The number of aromatic hydroxyl groups is 2. The SMILES string of the molecule is CCC[Si](CCC)(CCC)c1cc(-c2ccccc2-c2cccc(-c3ccccc3-c3cc([Si](CCC)(CCC)CCC)cc(C45CC6CC(CC(C6)C4)C5)c3O)n2)c(O)c(C23CC4CC(CC(C4)C2)C3)c1. The predicted molar refractivity (Wildman–Crippen MR) is 310 cm³/mol. The lowest BCUT2D eigenvalue weighted by Gasteiger charge is -2.57. The Labute approximate surface area is 437 Å². The largest absolute Gasteiger partial charge is 0.507 e. The molecule has 0 saturated heterocycles. The highest BCUT2D eigenvalue weighted by Crippen LogP contribution is 2.64. The average Bonchev–Trinajstić information content (AvgIpc) is 3.36. The second-order valence-electron chi connectivity index (χ2n) is 25.8. The van der Waals surface area contributed by atoms with Gasteiger partial charge in [0.25, 0.3) is 0 Å². The van der Waals surface area contributed by atoms with Crippen molar-refractivity contribution >= 4 is 26.5 Å². The summed E-state index contributed by atoms with van der Waals surface area (Å²) >= 11 is 0. The van der Waals surface area contributed by atoms with Crippen LogP contribution in [-0.4, -0.2) is 31.3 Å². The van der Waals surface area contributed by atoms with Gasteiger partial charge >= 0.3 is 0 Å². The summed E-state index contributed by atoms with van der Waals surface area (Å²) in [6.45, 7) is 14.4. The minimum Gasteiger partial charge on any atom is -0.507 e. The van der Waals surface area contributed by atoms with Gasteiger partial charge in [-0.15, -0.1) is 0 Å². The number of hydrogen-bond acceptors (Lipinski definition) is 3. The van der Waals surface area contributed by atoms with Crippen LogP contribution in [-0.2, 0) is 10.8 Å². The van der Waals surface area contributed by atoms with Crippen molar-refractivity contribution in [1.82, 2.24) is 4.98 Å². The summed E-state index contributed by atoms with van der Waals surface area (Å²) in [5.74, 6) is 5.89. The molecule has 0 atom stereocenters. The second kappa shape index (κ2) is 20.3. The van der Waals surface area contributed by atoms with Gasteiger partial charge in [-0.25, -0.2) is 4.98 Å². The Morgan fingerprint density at radius 1 is 0.389 bits per heavy atom. The Morgan fingerprint density at radius 2 is 0.681 bits per heavy atom. The Bertz CT molecular complexity index is 2470. The fourth-order valence-electron chi connectivity index (χ4n) is 19.1. The number of nitrogens with zero attached hydrogens (tertiary/aromatic N) is 1. The second-order valence-corrected chi connectivity index (χ2v) is 35.1. The Hall–Kier alpha value is -3.94. The molecule has 8 bridgehead atoms. The predicted octanol–water partition coefficient (Wildman–Crippen LogP) is 17.9. The third kappa shape index (κ3) is 8.82. The zero-order chi connectivity index (χ0) is 49.8. The zero-order valence-electron chi connectivity index (χ0n) is 45.4. The molecule has 8 saturated carbocycles.